The van der Waals surface area contributed by atoms with Gasteiger partial charge < -0.3 is 15.7 Å². The highest BCUT2D eigenvalue weighted by Gasteiger charge is 2.34. The molecular formula is C11H15N2O8P. The van der Waals surface area contributed by atoms with E-state index in [0.29, 0.717) is 0 Å². The summed E-state index contributed by atoms with van der Waals surface area (Å²) in [5.41, 5.74) is 4.92. The first-order valence-electron chi connectivity index (χ1n) is 6.01. The normalized spacial score (nSPS) is 16.5. The highest BCUT2D eigenvalue weighted by Crippen LogP contribution is 2.52. The van der Waals surface area contributed by atoms with Crippen molar-refractivity contribution in [3.63, 3.8) is 0 Å². The third-order valence-corrected chi connectivity index (χ3v) is 3.66. The van der Waals surface area contributed by atoms with Crippen LogP contribution in [0.3, 0.4) is 0 Å². The second kappa shape index (κ2) is 7.54. The molecule has 22 heavy (non-hydrogen) atoms. The van der Waals surface area contributed by atoms with Crippen LogP contribution >= 0.6 is 8.17 Å². The van der Waals surface area contributed by atoms with E-state index in [0.717, 1.165) is 0 Å². The third kappa shape index (κ3) is 5.26. The first kappa shape index (κ1) is 18.4. The maximum Gasteiger partial charge on any atom is 0.377 e. The number of nitro benzene ring substituents is 1. The Labute approximate surface area is 125 Å². The van der Waals surface area contributed by atoms with E-state index in [4.69, 9.17) is 15.4 Å². The van der Waals surface area contributed by atoms with Crippen molar-refractivity contribution in [3.8, 4) is 0 Å². The quantitative estimate of drug-likeness (QED) is 0.340. The molecule has 0 saturated heterocycles. The highest BCUT2D eigenvalue weighted by atomic mass is 31.2. The lowest BCUT2D eigenvalue weighted by Crippen LogP contribution is -2.36. The van der Waals surface area contributed by atoms with Crippen LogP contribution in [0.2, 0.25) is 0 Å². The van der Waals surface area contributed by atoms with Gasteiger partial charge >= 0.3 is 14.1 Å². The molecular weight excluding hydrogens is 319 g/mol. The molecule has 10 nitrogen and oxygen atoms in total. The Hall–Kier alpha value is -1.68. The Bertz CT molecular complexity index is 553. The minimum absolute atomic E-state index is 0.0768. The summed E-state index contributed by atoms with van der Waals surface area (Å²) in [4.78, 5) is 41.9. The van der Waals surface area contributed by atoms with E-state index in [1.54, 1.807) is 0 Å². The van der Waals surface area contributed by atoms with Crippen LogP contribution in [0.4, 0.5) is 5.69 Å². The molecule has 1 aromatic rings. The molecule has 3 atom stereocenters. The molecule has 0 aliphatic heterocycles. The van der Waals surface area contributed by atoms with Gasteiger partial charge in [-0.15, -0.1) is 0 Å². The number of nitrogens with zero attached hydrogens (tertiary/aromatic N) is 1. The fourth-order valence-electron chi connectivity index (χ4n) is 1.53. The van der Waals surface area contributed by atoms with Crippen molar-refractivity contribution in [1.82, 2.24) is 0 Å². The van der Waals surface area contributed by atoms with Crippen molar-refractivity contribution >= 4 is 19.8 Å². The Morgan fingerprint density at radius 3 is 2.64 bits per heavy atom. The number of carboxylic acid groups (broad SMARTS) is 1. The summed E-state index contributed by atoms with van der Waals surface area (Å²) in [5.74, 6) is -1.41. The van der Waals surface area contributed by atoms with Crippen LogP contribution in [0.25, 0.3) is 0 Å². The summed E-state index contributed by atoms with van der Waals surface area (Å²) in [6, 6.07) is 4.04. The van der Waals surface area contributed by atoms with E-state index in [1.165, 1.54) is 31.2 Å². The lowest BCUT2D eigenvalue weighted by atomic mass is 10.1. The SMILES string of the molecule is CC(O[P+]([O-])(O)OC[C@H](N)C(=O)O)c1ccccc1[N+](=O)[O-]. The molecule has 0 spiro atoms. The molecule has 0 saturated carbocycles. The summed E-state index contributed by atoms with van der Waals surface area (Å²) < 4.78 is 9.24. The first-order valence-corrected chi connectivity index (χ1v) is 7.51. The number of nitro groups is 1. The summed E-state index contributed by atoms with van der Waals surface area (Å²) in [7, 11) is -4.62. The van der Waals surface area contributed by atoms with Crippen molar-refractivity contribution < 1.29 is 33.7 Å². The van der Waals surface area contributed by atoms with Gasteiger partial charge in [0.25, 0.3) is 5.69 Å². The number of nitrogens with two attached hydrogens (primary N) is 1. The molecule has 1 rings (SSSR count). The van der Waals surface area contributed by atoms with Gasteiger partial charge in [-0.05, 0) is 13.0 Å². The van der Waals surface area contributed by atoms with Crippen LogP contribution in [-0.2, 0) is 13.8 Å². The van der Waals surface area contributed by atoms with Crippen molar-refractivity contribution in [1.29, 1.82) is 0 Å². The number of hydrogen-bond donors (Lipinski definition) is 3. The number of carbonyl (C=O) groups is 1. The molecule has 0 fully saturated rings. The zero-order valence-electron chi connectivity index (χ0n) is 11.5. The van der Waals surface area contributed by atoms with Gasteiger partial charge in [-0.3, -0.25) is 14.9 Å². The second-order valence-electron chi connectivity index (χ2n) is 4.27. The highest BCUT2D eigenvalue weighted by molar-refractivity contribution is 7.52. The Morgan fingerprint density at radius 1 is 1.50 bits per heavy atom. The molecule has 2 unspecified atom stereocenters. The third-order valence-electron chi connectivity index (χ3n) is 2.60. The van der Waals surface area contributed by atoms with Gasteiger partial charge in [0.15, 0.2) is 0 Å². The average molecular weight is 334 g/mol. The smallest absolute Gasteiger partial charge is 0.377 e. The van der Waals surface area contributed by atoms with Gasteiger partial charge in [0.05, 0.1) is 10.5 Å². The van der Waals surface area contributed by atoms with Crippen molar-refractivity contribution in [2.75, 3.05) is 6.61 Å². The molecule has 0 radical (unpaired) electrons. The molecule has 0 amide bonds. The van der Waals surface area contributed by atoms with Gasteiger partial charge in [0, 0.05) is 6.07 Å². The second-order valence-corrected chi connectivity index (χ2v) is 5.68. The fraction of sp³-hybridized carbons (Fsp3) is 0.364. The van der Waals surface area contributed by atoms with Gasteiger partial charge in [-0.2, -0.15) is 13.9 Å². The standard InChI is InChI=1S/C11H15N2O8P/c1-7(8-4-2-3-5-10(8)13(16)17)21-22(18,19)20-6-9(12)11(14)15/h2-5,7,9H,6,12H2,1H3,(H,14,15)(H,18,19)/t7?,9-/m0/s1. The zero-order chi connectivity index (χ0) is 16.9. The minimum atomic E-state index is -4.62. The van der Waals surface area contributed by atoms with E-state index in [1.807, 2.05) is 0 Å². The van der Waals surface area contributed by atoms with Gasteiger partial charge in [-0.1, -0.05) is 12.1 Å². The lowest BCUT2D eigenvalue weighted by Gasteiger charge is -2.23. The molecule has 4 N–H and O–H groups in total. The average Bonchev–Trinajstić information content (AvgIpc) is 2.44. The number of benzene rings is 1. The number of carboxylic acids is 1. The maximum absolute atomic E-state index is 11.7. The number of rotatable bonds is 8. The Kier molecular flexibility index (Phi) is 6.30. The van der Waals surface area contributed by atoms with Crippen molar-refractivity contribution in [3.05, 3.63) is 39.9 Å². The molecule has 0 aliphatic carbocycles. The molecule has 11 heteroatoms. The molecule has 122 valence electrons. The maximum atomic E-state index is 11.7. The van der Waals surface area contributed by atoms with E-state index in [-0.39, 0.29) is 11.3 Å². The summed E-state index contributed by atoms with van der Waals surface area (Å²) in [6.07, 6.45) is -1.13. The first-order chi connectivity index (χ1) is 10.1. The summed E-state index contributed by atoms with van der Waals surface area (Å²) in [6.45, 7) is 0.582. The van der Waals surface area contributed by atoms with Crippen molar-refractivity contribution in [2.45, 2.75) is 19.1 Å². The summed E-state index contributed by atoms with van der Waals surface area (Å²) >= 11 is 0. The van der Waals surface area contributed by atoms with Crippen LogP contribution < -0.4 is 10.6 Å². The van der Waals surface area contributed by atoms with Crippen LogP contribution in [0.15, 0.2) is 24.3 Å². The number of phosphoric acid groups is 1. The van der Waals surface area contributed by atoms with Gasteiger partial charge in [0.1, 0.15) is 18.8 Å². The number of phosphoric ester groups is 1. The van der Waals surface area contributed by atoms with Crippen LogP contribution in [-0.4, -0.2) is 33.5 Å². The monoisotopic (exact) mass is 334 g/mol. The number of aliphatic carboxylic acids is 1. The zero-order valence-corrected chi connectivity index (χ0v) is 12.4. The van der Waals surface area contributed by atoms with Gasteiger partial charge in [0.2, 0.25) is 0 Å². The number of para-hydroxylation sites is 1. The van der Waals surface area contributed by atoms with E-state index in [9.17, 15) is 24.7 Å². The topological polar surface area (TPSA) is 168 Å². The summed E-state index contributed by atoms with van der Waals surface area (Å²) in [5, 5.41) is 19.4. The minimum Gasteiger partial charge on any atom is -0.606 e. The lowest BCUT2D eigenvalue weighted by molar-refractivity contribution is -0.386. The molecule has 0 heterocycles. The molecule has 0 aliphatic rings. The number of hydrogen-bond acceptors (Lipinski definition) is 8. The fourth-order valence-corrected chi connectivity index (χ4v) is 2.45. The predicted octanol–water partition coefficient (Wildman–Crippen LogP) is 0.131. The van der Waals surface area contributed by atoms with Gasteiger partial charge in [-0.25, -0.2) is 0 Å². The Balaban J connectivity index is 2.76. The molecule has 0 bridgehead atoms. The predicted molar refractivity (Wildman–Crippen MR) is 73.3 cm³/mol. The van der Waals surface area contributed by atoms with Crippen LogP contribution in [0.5, 0.6) is 0 Å². The van der Waals surface area contributed by atoms with E-state index < -0.39 is 37.8 Å². The van der Waals surface area contributed by atoms with E-state index >= 15 is 0 Å². The largest absolute Gasteiger partial charge is 0.606 e. The van der Waals surface area contributed by atoms with Crippen LogP contribution in [0, 0.1) is 10.1 Å². The van der Waals surface area contributed by atoms with Crippen molar-refractivity contribution in [2.24, 2.45) is 5.73 Å². The van der Waals surface area contributed by atoms with Crippen LogP contribution in [0.1, 0.15) is 18.6 Å². The van der Waals surface area contributed by atoms with E-state index in [2.05, 4.69) is 4.52 Å². The Morgan fingerprint density at radius 2 is 2.09 bits per heavy atom. The molecule has 1 aromatic carbocycles. The molecule has 0 aromatic heterocycles.